The number of anilines is 1. The highest BCUT2D eigenvalue weighted by Gasteiger charge is 2.31. The van der Waals surface area contributed by atoms with Gasteiger partial charge in [-0.05, 0) is 37.5 Å². The quantitative estimate of drug-likeness (QED) is 0.550. The van der Waals surface area contributed by atoms with Crippen LogP contribution in [0.3, 0.4) is 0 Å². The van der Waals surface area contributed by atoms with Crippen LogP contribution >= 0.6 is 0 Å². The molecule has 0 unspecified atom stereocenters. The molecule has 2 atom stereocenters. The average Bonchev–Trinajstić information content (AvgIpc) is 3.34. The number of hydrogen-bond donors (Lipinski definition) is 3. The van der Waals surface area contributed by atoms with E-state index < -0.39 is 0 Å². The number of rotatable bonds is 0. The van der Waals surface area contributed by atoms with Crippen LogP contribution in [0.25, 0.3) is 22.3 Å². The molecule has 8 heteroatoms. The van der Waals surface area contributed by atoms with E-state index in [9.17, 15) is 4.79 Å². The van der Waals surface area contributed by atoms with Crippen molar-refractivity contribution in [2.75, 3.05) is 25.5 Å². The summed E-state index contributed by atoms with van der Waals surface area (Å²) in [6, 6.07) is 8.02. The van der Waals surface area contributed by atoms with Crippen LogP contribution in [0.15, 0.2) is 30.5 Å². The zero-order valence-corrected chi connectivity index (χ0v) is 15.8. The molecule has 3 N–H and O–H groups in total. The Labute approximate surface area is 162 Å². The van der Waals surface area contributed by atoms with E-state index in [2.05, 4.69) is 25.8 Å². The number of pyridine rings is 2. The minimum Gasteiger partial charge on any atom is -0.366 e. The fraction of sp³-hybridized carbons (Fsp3) is 0.400. The summed E-state index contributed by atoms with van der Waals surface area (Å²) in [6.07, 6.45) is 4.16. The molecule has 0 radical (unpaired) electrons. The number of H-pyrrole nitrogens is 1. The summed E-state index contributed by atoms with van der Waals surface area (Å²) in [5.74, 6) is 0.964. The largest absolute Gasteiger partial charge is 0.366 e. The molecule has 3 aromatic heterocycles. The van der Waals surface area contributed by atoms with Crippen molar-refractivity contribution in [3.8, 4) is 11.3 Å². The Balaban J connectivity index is 1.59. The van der Waals surface area contributed by atoms with E-state index in [1.807, 2.05) is 36.2 Å². The van der Waals surface area contributed by atoms with Gasteiger partial charge in [-0.25, -0.2) is 9.97 Å². The molecule has 0 aromatic carbocycles. The Kier molecular flexibility index (Phi) is 4.20. The Morgan fingerprint density at radius 2 is 2.18 bits per heavy atom. The number of carbonyl (C=O) groups excluding carboxylic acids is 1. The summed E-state index contributed by atoms with van der Waals surface area (Å²) in [7, 11) is 1.88. The maximum atomic E-state index is 12.7. The van der Waals surface area contributed by atoms with Crippen molar-refractivity contribution in [2.24, 2.45) is 0 Å². The SMILES string of the molecule is CN1CCCc2n[nH]c3nccc(c23)-c2cccc(n2)N[C@@H]2CN[C@@H](C2)C1=O. The van der Waals surface area contributed by atoms with Crippen molar-refractivity contribution in [1.82, 2.24) is 30.4 Å². The van der Waals surface area contributed by atoms with E-state index >= 15 is 0 Å². The average molecular weight is 377 g/mol. The number of carbonyl (C=O) groups is 1. The lowest BCUT2D eigenvalue weighted by Crippen LogP contribution is -2.42. The number of aromatic amines is 1. The summed E-state index contributed by atoms with van der Waals surface area (Å²) in [5.41, 5.74) is 3.66. The van der Waals surface area contributed by atoms with Gasteiger partial charge in [-0.15, -0.1) is 0 Å². The third-order valence-electron chi connectivity index (χ3n) is 5.63. The molecular weight excluding hydrogens is 354 g/mol. The van der Waals surface area contributed by atoms with Gasteiger partial charge in [0, 0.05) is 37.9 Å². The second-order valence-electron chi connectivity index (χ2n) is 7.56. The summed E-state index contributed by atoms with van der Waals surface area (Å²) >= 11 is 0. The van der Waals surface area contributed by atoms with Crippen LogP contribution in [-0.2, 0) is 11.2 Å². The first-order chi connectivity index (χ1) is 13.7. The lowest BCUT2D eigenvalue weighted by molar-refractivity contribution is -0.131. The molecular formula is C20H23N7O. The fourth-order valence-corrected chi connectivity index (χ4v) is 4.18. The van der Waals surface area contributed by atoms with Crippen LogP contribution in [0, 0.1) is 0 Å². The molecule has 1 amide bonds. The molecule has 0 spiro atoms. The number of nitrogens with zero attached hydrogens (tertiary/aromatic N) is 4. The van der Waals surface area contributed by atoms with Gasteiger partial charge in [-0.2, -0.15) is 5.10 Å². The van der Waals surface area contributed by atoms with Crippen molar-refractivity contribution in [3.63, 3.8) is 0 Å². The molecule has 144 valence electrons. The van der Waals surface area contributed by atoms with E-state index in [1.165, 1.54) is 0 Å². The molecule has 5 rings (SSSR count). The van der Waals surface area contributed by atoms with Crippen LogP contribution < -0.4 is 10.6 Å². The number of amides is 1. The number of nitrogens with one attached hydrogen (secondary N) is 3. The van der Waals surface area contributed by atoms with Crippen LogP contribution in [0.1, 0.15) is 18.5 Å². The molecule has 0 aliphatic carbocycles. The first-order valence-electron chi connectivity index (χ1n) is 9.73. The molecule has 28 heavy (non-hydrogen) atoms. The molecule has 2 aliphatic heterocycles. The number of hydrogen-bond acceptors (Lipinski definition) is 6. The third kappa shape index (κ3) is 2.99. The highest BCUT2D eigenvalue weighted by Crippen LogP contribution is 2.29. The molecule has 5 heterocycles. The van der Waals surface area contributed by atoms with Gasteiger partial charge in [0.05, 0.1) is 22.8 Å². The van der Waals surface area contributed by atoms with Crippen LogP contribution in [-0.4, -0.2) is 63.2 Å². The number of likely N-dealkylation sites (N-methyl/N-ethyl adjacent to an activating group) is 1. The predicted molar refractivity (Wildman–Crippen MR) is 107 cm³/mol. The van der Waals surface area contributed by atoms with Gasteiger partial charge in [0.2, 0.25) is 5.91 Å². The molecule has 0 saturated carbocycles. The minimum atomic E-state index is -0.144. The molecule has 3 aromatic rings. The smallest absolute Gasteiger partial charge is 0.239 e. The van der Waals surface area contributed by atoms with E-state index in [0.29, 0.717) is 6.54 Å². The summed E-state index contributed by atoms with van der Waals surface area (Å²) in [6.45, 7) is 1.45. The molecule has 8 nitrogen and oxygen atoms in total. The molecule has 2 aliphatic rings. The normalized spacial score (nSPS) is 22.6. The Morgan fingerprint density at radius 3 is 3.11 bits per heavy atom. The molecule has 4 bridgehead atoms. The van der Waals surface area contributed by atoms with E-state index in [0.717, 1.165) is 59.6 Å². The summed E-state index contributed by atoms with van der Waals surface area (Å²) in [5, 5.41) is 15.4. The number of fused-ring (bicyclic) bond motifs is 5. The van der Waals surface area contributed by atoms with Crippen molar-refractivity contribution >= 4 is 22.8 Å². The molecule has 1 fully saturated rings. The summed E-state index contributed by atoms with van der Waals surface area (Å²) in [4.78, 5) is 23.8. The fourth-order valence-electron chi connectivity index (χ4n) is 4.18. The maximum absolute atomic E-state index is 12.7. The third-order valence-corrected chi connectivity index (χ3v) is 5.63. The molecule has 1 saturated heterocycles. The van der Waals surface area contributed by atoms with Crippen molar-refractivity contribution < 1.29 is 4.79 Å². The first kappa shape index (κ1) is 17.1. The maximum Gasteiger partial charge on any atom is 0.239 e. The van der Waals surface area contributed by atoms with Gasteiger partial charge in [-0.1, -0.05) is 6.07 Å². The Morgan fingerprint density at radius 1 is 1.25 bits per heavy atom. The predicted octanol–water partition coefficient (Wildman–Crippen LogP) is 1.57. The topological polar surface area (TPSA) is 98.8 Å². The van der Waals surface area contributed by atoms with Crippen molar-refractivity contribution in [3.05, 3.63) is 36.2 Å². The number of aromatic nitrogens is 4. The highest BCUT2D eigenvalue weighted by molar-refractivity contribution is 5.93. The lowest BCUT2D eigenvalue weighted by Gasteiger charge is -2.21. The lowest BCUT2D eigenvalue weighted by atomic mass is 10.0. The van der Waals surface area contributed by atoms with Gasteiger partial charge < -0.3 is 15.5 Å². The van der Waals surface area contributed by atoms with Gasteiger partial charge in [0.25, 0.3) is 0 Å². The highest BCUT2D eigenvalue weighted by atomic mass is 16.2. The van der Waals surface area contributed by atoms with Crippen molar-refractivity contribution in [1.29, 1.82) is 0 Å². The van der Waals surface area contributed by atoms with E-state index in [-0.39, 0.29) is 18.0 Å². The van der Waals surface area contributed by atoms with Crippen LogP contribution in [0.5, 0.6) is 0 Å². The zero-order chi connectivity index (χ0) is 19.1. The number of aryl methyl sites for hydroxylation is 1. The van der Waals surface area contributed by atoms with Crippen LogP contribution in [0.2, 0.25) is 0 Å². The second-order valence-corrected chi connectivity index (χ2v) is 7.56. The van der Waals surface area contributed by atoms with Crippen LogP contribution in [0.4, 0.5) is 5.82 Å². The summed E-state index contributed by atoms with van der Waals surface area (Å²) < 4.78 is 0. The second kappa shape index (κ2) is 6.87. The van der Waals surface area contributed by atoms with Gasteiger partial charge in [0.1, 0.15) is 5.82 Å². The van der Waals surface area contributed by atoms with Gasteiger partial charge >= 0.3 is 0 Å². The minimum absolute atomic E-state index is 0.144. The van der Waals surface area contributed by atoms with Gasteiger partial charge in [-0.3, -0.25) is 9.89 Å². The Bertz CT molecular complexity index is 1030. The van der Waals surface area contributed by atoms with Gasteiger partial charge in [0.15, 0.2) is 5.65 Å². The zero-order valence-electron chi connectivity index (χ0n) is 15.8. The van der Waals surface area contributed by atoms with E-state index in [1.54, 1.807) is 6.20 Å². The standard InChI is InChI=1S/C20H23N7O/c1-27-9-3-5-15-18-13(7-8-21-19(18)26-25-15)14-4-2-6-17(24-14)23-12-10-16(20(27)28)22-11-12/h2,4,6-8,12,16,22H,3,5,9-11H2,1H3,(H,23,24)(H,21,25,26)/t12-,16-/m0/s1. The Hall–Kier alpha value is -3.00. The monoisotopic (exact) mass is 377 g/mol. The first-order valence-corrected chi connectivity index (χ1v) is 9.73. The van der Waals surface area contributed by atoms with E-state index in [4.69, 9.17) is 4.98 Å². The van der Waals surface area contributed by atoms with Crippen molar-refractivity contribution in [2.45, 2.75) is 31.3 Å².